The van der Waals surface area contributed by atoms with Gasteiger partial charge in [-0.2, -0.15) is 0 Å². The first-order chi connectivity index (χ1) is 14.5. The molecule has 0 unspecified atom stereocenters. The molecule has 0 spiro atoms. The standard InChI is InChI=1S/C23H43NO6/c1-3-5-6-7-8-9-10-11-12-13-14-15-19(26)30-22-20(24)23(28-16-4-2)29-18(17-25)21(22)27/h4,18,20-23,25,27H,2-3,5-17,24H2,1H3/t18-,20-,21-,22-,23+/m1/s1. The van der Waals surface area contributed by atoms with Crippen molar-refractivity contribution in [2.24, 2.45) is 5.73 Å². The summed E-state index contributed by atoms with van der Waals surface area (Å²) in [5.41, 5.74) is 6.08. The van der Waals surface area contributed by atoms with Crippen LogP contribution in [0, 0.1) is 0 Å². The van der Waals surface area contributed by atoms with Crippen LogP contribution in [0.1, 0.15) is 84.0 Å². The van der Waals surface area contributed by atoms with E-state index in [9.17, 15) is 15.0 Å². The van der Waals surface area contributed by atoms with Gasteiger partial charge in [0, 0.05) is 6.42 Å². The van der Waals surface area contributed by atoms with Crippen molar-refractivity contribution < 1.29 is 29.2 Å². The van der Waals surface area contributed by atoms with Gasteiger partial charge in [-0.25, -0.2) is 0 Å². The molecule has 1 heterocycles. The van der Waals surface area contributed by atoms with Crippen molar-refractivity contribution in [3.63, 3.8) is 0 Å². The second-order valence-corrected chi connectivity index (χ2v) is 8.16. The van der Waals surface area contributed by atoms with E-state index in [1.165, 1.54) is 51.4 Å². The van der Waals surface area contributed by atoms with Crippen LogP contribution in [0.3, 0.4) is 0 Å². The minimum atomic E-state index is -1.20. The third kappa shape index (κ3) is 10.4. The maximum atomic E-state index is 12.2. The van der Waals surface area contributed by atoms with Crippen LogP contribution in [0.25, 0.3) is 0 Å². The molecule has 0 aromatic heterocycles. The van der Waals surface area contributed by atoms with Crippen LogP contribution in [0.5, 0.6) is 0 Å². The van der Waals surface area contributed by atoms with Crippen LogP contribution < -0.4 is 5.73 Å². The van der Waals surface area contributed by atoms with Gasteiger partial charge in [-0.15, -0.1) is 6.58 Å². The van der Waals surface area contributed by atoms with Crippen molar-refractivity contribution in [2.75, 3.05) is 13.2 Å². The summed E-state index contributed by atoms with van der Waals surface area (Å²) in [7, 11) is 0. The Kier molecular flexibility index (Phi) is 15.0. The van der Waals surface area contributed by atoms with Gasteiger partial charge in [0.05, 0.1) is 19.3 Å². The summed E-state index contributed by atoms with van der Waals surface area (Å²) >= 11 is 0. The summed E-state index contributed by atoms with van der Waals surface area (Å²) in [4.78, 5) is 12.2. The molecule has 7 heteroatoms. The van der Waals surface area contributed by atoms with Gasteiger partial charge in [0.25, 0.3) is 0 Å². The summed E-state index contributed by atoms with van der Waals surface area (Å²) in [5.74, 6) is -0.397. The van der Waals surface area contributed by atoms with Crippen molar-refractivity contribution in [3.05, 3.63) is 12.7 Å². The first kappa shape index (κ1) is 27.0. The van der Waals surface area contributed by atoms with E-state index in [4.69, 9.17) is 19.9 Å². The van der Waals surface area contributed by atoms with E-state index in [1.54, 1.807) is 6.08 Å². The zero-order valence-electron chi connectivity index (χ0n) is 18.7. The van der Waals surface area contributed by atoms with Crippen molar-refractivity contribution in [1.82, 2.24) is 0 Å². The van der Waals surface area contributed by atoms with Crippen molar-refractivity contribution in [3.8, 4) is 0 Å². The van der Waals surface area contributed by atoms with Gasteiger partial charge in [0.1, 0.15) is 12.2 Å². The summed E-state index contributed by atoms with van der Waals surface area (Å²) in [6.07, 6.45) is 11.1. The molecule has 30 heavy (non-hydrogen) atoms. The number of aliphatic hydroxyl groups is 2. The van der Waals surface area contributed by atoms with Gasteiger partial charge >= 0.3 is 5.97 Å². The molecular weight excluding hydrogens is 386 g/mol. The van der Waals surface area contributed by atoms with Gasteiger partial charge < -0.3 is 30.2 Å². The van der Waals surface area contributed by atoms with Crippen LogP contribution in [-0.4, -0.2) is 60.0 Å². The molecule has 0 amide bonds. The fourth-order valence-electron chi connectivity index (χ4n) is 3.69. The van der Waals surface area contributed by atoms with Crippen LogP contribution >= 0.6 is 0 Å². The molecule has 1 aliphatic rings. The van der Waals surface area contributed by atoms with E-state index in [-0.39, 0.29) is 13.0 Å². The minimum absolute atomic E-state index is 0.200. The summed E-state index contributed by atoms with van der Waals surface area (Å²) in [5, 5.41) is 19.8. The fourth-order valence-corrected chi connectivity index (χ4v) is 3.69. The molecule has 1 fully saturated rings. The number of aliphatic hydroxyl groups excluding tert-OH is 2. The van der Waals surface area contributed by atoms with E-state index in [0.29, 0.717) is 0 Å². The van der Waals surface area contributed by atoms with Crippen LogP contribution in [0.4, 0.5) is 0 Å². The normalized spacial score (nSPS) is 26.5. The van der Waals surface area contributed by atoms with Gasteiger partial charge in [0.15, 0.2) is 12.4 Å². The SMILES string of the molecule is C=CCO[C@H]1O[C@H](CO)[C@@H](O)[C@H](OC(=O)CCCCCCCCCCCCC)[C@H]1N. The Hall–Kier alpha value is -0.990. The molecule has 0 aromatic rings. The lowest BCUT2D eigenvalue weighted by Gasteiger charge is -2.41. The number of carbonyl (C=O) groups is 1. The molecule has 0 radical (unpaired) electrons. The van der Waals surface area contributed by atoms with Crippen LogP contribution in [-0.2, 0) is 19.0 Å². The molecular formula is C23H43NO6. The Morgan fingerprint density at radius 2 is 1.63 bits per heavy atom. The highest BCUT2D eigenvalue weighted by molar-refractivity contribution is 5.69. The monoisotopic (exact) mass is 429 g/mol. The smallest absolute Gasteiger partial charge is 0.306 e. The summed E-state index contributed by atoms with van der Waals surface area (Å²) in [6.45, 7) is 5.58. The molecule has 4 N–H and O–H groups in total. The zero-order valence-corrected chi connectivity index (χ0v) is 18.7. The van der Waals surface area contributed by atoms with E-state index >= 15 is 0 Å². The molecule has 7 nitrogen and oxygen atoms in total. The van der Waals surface area contributed by atoms with E-state index < -0.39 is 43.2 Å². The number of esters is 1. The Bertz CT molecular complexity index is 461. The highest BCUT2D eigenvalue weighted by Crippen LogP contribution is 2.24. The number of hydrogen-bond acceptors (Lipinski definition) is 7. The zero-order chi connectivity index (χ0) is 22.2. The third-order valence-electron chi connectivity index (χ3n) is 5.53. The second-order valence-electron chi connectivity index (χ2n) is 8.16. The highest BCUT2D eigenvalue weighted by Gasteiger charge is 2.46. The molecule has 1 saturated heterocycles. The number of nitrogens with two attached hydrogens (primary N) is 1. The molecule has 0 saturated carbocycles. The Morgan fingerprint density at radius 3 is 2.17 bits per heavy atom. The molecule has 1 rings (SSSR count). The summed E-state index contributed by atoms with van der Waals surface area (Å²) < 4.78 is 16.3. The molecule has 0 aliphatic carbocycles. The molecule has 1 aliphatic heterocycles. The lowest BCUT2D eigenvalue weighted by Crippen LogP contribution is -2.63. The Morgan fingerprint density at radius 1 is 1.07 bits per heavy atom. The first-order valence-corrected chi connectivity index (χ1v) is 11.7. The highest BCUT2D eigenvalue weighted by atomic mass is 16.7. The lowest BCUT2D eigenvalue weighted by molar-refractivity contribution is -0.266. The van der Waals surface area contributed by atoms with Gasteiger partial charge in [0.2, 0.25) is 0 Å². The maximum absolute atomic E-state index is 12.2. The van der Waals surface area contributed by atoms with Crippen molar-refractivity contribution in [1.29, 1.82) is 0 Å². The Labute approximate surface area is 182 Å². The van der Waals surface area contributed by atoms with Crippen molar-refractivity contribution in [2.45, 2.75) is 115 Å². The number of carbonyl (C=O) groups excluding carboxylic acids is 1. The largest absolute Gasteiger partial charge is 0.458 e. The summed E-state index contributed by atoms with van der Waals surface area (Å²) in [6, 6.07) is -0.843. The first-order valence-electron chi connectivity index (χ1n) is 11.7. The number of unbranched alkanes of at least 4 members (excludes halogenated alkanes) is 10. The van der Waals surface area contributed by atoms with E-state index in [2.05, 4.69) is 13.5 Å². The average Bonchev–Trinajstić information content (AvgIpc) is 2.74. The third-order valence-corrected chi connectivity index (χ3v) is 5.53. The predicted molar refractivity (Wildman–Crippen MR) is 117 cm³/mol. The molecule has 0 bridgehead atoms. The van der Waals surface area contributed by atoms with Gasteiger partial charge in [-0.05, 0) is 6.42 Å². The molecule has 5 atom stereocenters. The van der Waals surface area contributed by atoms with Crippen molar-refractivity contribution >= 4 is 5.97 Å². The predicted octanol–water partition coefficient (Wildman–Crippen LogP) is 3.21. The average molecular weight is 430 g/mol. The number of ether oxygens (including phenoxy) is 3. The number of hydrogen-bond donors (Lipinski definition) is 3. The second kappa shape index (κ2) is 16.7. The molecule has 176 valence electrons. The maximum Gasteiger partial charge on any atom is 0.306 e. The Balaban J connectivity index is 2.23. The van der Waals surface area contributed by atoms with E-state index in [1.807, 2.05) is 0 Å². The topological polar surface area (TPSA) is 111 Å². The van der Waals surface area contributed by atoms with E-state index in [0.717, 1.165) is 19.3 Å². The van der Waals surface area contributed by atoms with Crippen LogP contribution in [0.2, 0.25) is 0 Å². The fraction of sp³-hybridized carbons (Fsp3) is 0.870. The van der Waals surface area contributed by atoms with Gasteiger partial charge in [-0.3, -0.25) is 4.79 Å². The van der Waals surface area contributed by atoms with Gasteiger partial charge in [-0.1, -0.05) is 77.2 Å². The number of rotatable bonds is 17. The molecule has 0 aromatic carbocycles. The quantitative estimate of drug-likeness (QED) is 0.185. The van der Waals surface area contributed by atoms with Crippen LogP contribution in [0.15, 0.2) is 12.7 Å². The lowest BCUT2D eigenvalue weighted by atomic mass is 9.97. The minimum Gasteiger partial charge on any atom is -0.458 e.